The van der Waals surface area contributed by atoms with Crippen molar-refractivity contribution in [1.29, 1.82) is 0 Å². The van der Waals surface area contributed by atoms with E-state index in [1.165, 1.54) is 42.1 Å². The van der Waals surface area contributed by atoms with E-state index in [9.17, 15) is 14.7 Å². The van der Waals surface area contributed by atoms with Crippen LogP contribution in [0.5, 0.6) is 11.9 Å². The van der Waals surface area contributed by atoms with Gasteiger partial charge in [-0.05, 0) is 30.2 Å². The predicted molar refractivity (Wildman–Crippen MR) is 145 cm³/mol. The summed E-state index contributed by atoms with van der Waals surface area (Å²) in [4.78, 5) is 41.9. The smallest absolute Gasteiger partial charge is 0.319 e. The van der Waals surface area contributed by atoms with E-state index in [1.54, 1.807) is 31.3 Å². The van der Waals surface area contributed by atoms with Gasteiger partial charge in [0, 0.05) is 37.6 Å². The number of aromatic nitrogens is 5. The summed E-state index contributed by atoms with van der Waals surface area (Å²) >= 11 is 12.5. The summed E-state index contributed by atoms with van der Waals surface area (Å²) < 4.78 is 13.8. The van der Waals surface area contributed by atoms with Crippen LogP contribution in [-0.2, 0) is 13.6 Å². The lowest BCUT2D eigenvalue weighted by Crippen LogP contribution is -2.35. The number of pyridine rings is 1. The Labute approximate surface area is 233 Å². The summed E-state index contributed by atoms with van der Waals surface area (Å²) in [6.45, 7) is 0.211. The molecule has 1 N–H and O–H groups in total. The van der Waals surface area contributed by atoms with Gasteiger partial charge in [-0.15, -0.1) is 0 Å². The molecule has 4 aromatic rings. The van der Waals surface area contributed by atoms with Crippen LogP contribution in [0.2, 0.25) is 10.0 Å². The highest BCUT2D eigenvalue weighted by Crippen LogP contribution is 2.44. The fraction of sp³-hybridized carbons (Fsp3) is 0.269. The Morgan fingerprint density at radius 1 is 1.05 bits per heavy atom. The Balaban J connectivity index is 1.79. The quantitative estimate of drug-likeness (QED) is 0.341. The zero-order valence-corrected chi connectivity index (χ0v) is 22.8. The topological polar surface area (TPSA) is 125 Å². The molecule has 0 saturated heterocycles. The number of aliphatic hydroxyl groups is 1. The average molecular weight is 571 g/mol. The third-order valence-corrected chi connectivity index (χ3v) is 6.87. The third-order valence-electron chi connectivity index (χ3n) is 6.41. The maximum Gasteiger partial charge on any atom is 0.319 e. The Kier molecular flexibility index (Phi) is 7.30. The number of ether oxygens (including phenoxy) is 2. The van der Waals surface area contributed by atoms with Crippen LogP contribution >= 0.6 is 23.2 Å². The summed E-state index contributed by atoms with van der Waals surface area (Å²) in [5, 5.41) is 10.5. The molecule has 0 fully saturated rings. The van der Waals surface area contributed by atoms with E-state index >= 15 is 0 Å². The Morgan fingerprint density at radius 2 is 1.79 bits per heavy atom. The highest BCUT2D eigenvalue weighted by molar-refractivity contribution is 6.31. The van der Waals surface area contributed by atoms with Gasteiger partial charge in [0.15, 0.2) is 5.69 Å². The number of aryl methyl sites for hydroxylation is 1. The molecule has 3 aromatic heterocycles. The molecule has 4 heterocycles. The van der Waals surface area contributed by atoms with Crippen molar-refractivity contribution in [2.24, 2.45) is 7.05 Å². The molecule has 0 spiro atoms. The van der Waals surface area contributed by atoms with Gasteiger partial charge in [0.2, 0.25) is 5.88 Å². The number of nitrogens with zero attached hydrogens (tertiary/aromatic N) is 6. The van der Waals surface area contributed by atoms with Crippen molar-refractivity contribution in [3.63, 3.8) is 0 Å². The Morgan fingerprint density at radius 3 is 2.46 bits per heavy atom. The van der Waals surface area contributed by atoms with Crippen LogP contribution in [0, 0.1) is 0 Å². The van der Waals surface area contributed by atoms with E-state index in [0.29, 0.717) is 45.7 Å². The highest BCUT2D eigenvalue weighted by atomic mass is 35.5. The van der Waals surface area contributed by atoms with Crippen LogP contribution in [0.3, 0.4) is 0 Å². The molecule has 1 aromatic carbocycles. The molecule has 0 saturated carbocycles. The van der Waals surface area contributed by atoms with Crippen LogP contribution < -0.4 is 19.9 Å². The van der Waals surface area contributed by atoms with E-state index in [0.717, 1.165) is 0 Å². The second-order valence-electron chi connectivity index (χ2n) is 8.77. The van der Waals surface area contributed by atoms with Gasteiger partial charge in [-0.2, -0.15) is 4.98 Å². The van der Waals surface area contributed by atoms with E-state index in [4.69, 9.17) is 37.7 Å². The molecule has 39 heavy (non-hydrogen) atoms. The number of anilines is 1. The third kappa shape index (κ3) is 4.62. The first kappa shape index (κ1) is 26.7. The number of halogens is 2. The van der Waals surface area contributed by atoms with E-state index in [-0.39, 0.29) is 29.9 Å². The van der Waals surface area contributed by atoms with Crippen molar-refractivity contribution in [3.05, 3.63) is 80.1 Å². The Hall–Kier alpha value is -3.93. The number of hydrogen-bond donors (Lipinski definition) is 1. The maximum atomic E-state index is 14.0. The van der Waals surface area contributed by atoms with Gasteiger partial charge < -0.3 is 23.7 Å². The second kappa shape index (κ2) is 10.7. The fourth-order valence-corrected chi connectivity index (χ4v) is 5.08. The monoisotopic (exact) mass is 570 g/mol. The molecule has 5 rings (SSSR count). The van der Waals surface area contributed by atoms with E-state index < -0.39 is 17.5 Å². The number of amides is 1. The van der Waals surface area contributed by atoms with Crippen LogP contribution in [0.15, 0.2) is 47.5 Å². The van der Waals surface area contributed by atoms with Crippen LogP contribution in [0.1, 0.15) is 34.2 Å². The van der Waals surface area contributed by atoms with Crippen molar-refractivity contribution in [2.75, 3.05) is 25.7 Å². The summed E-state index contributed by atoms with van der Waals surface area (Å²) in [7, 11) is 4.46. The molecular weight excluding hydrogens is 547 g/mol. The minimum absolute atomic E-state index is 0.0965. The number of hydrogen-bond acceptors (Lipinski definition) is 8. The molecule has 202 valence electrons. The molecule has 1 atom stereocenters. The predicted octanol–water partition coefficient (Wildman–Crippen LogP) is 3.50. The van der Waals surface area contributed by atoms with Gasteiger partial charge in [0.25, 0.3) is 11.5 Å². The van der Waals surface area contributed by atoms with Gasteiger partial charge in [-0.1, -0.05) is 35.3 Å². The second-order valence-corrected chi connectivity index (χ2v) is 9.64. The summed E-state index contributed by atoms with van der Waals surface area (Å²) in [5.74, 6) is 0.0902. The molecule has 1 aliphatic rings. The van der Waals surface area contributed by atoms with Gasteiger partial charge in [0.05, 0.1) is 30.5 Å². The number of carbonyl (C=O) groups excluding carboxylic acids is 1. The lowest BCUT2D eigenvalue weighted by molar-refractivity contribution is 0.0989. The highest BCUT2D eigenvalue weighted by Gasteiger charge is 2.45. The largest absolute Gasteiger partial charge is 0.480 e. The summed E-state index contributed by atoms with van der Waals surface area (Å²) in [5.41, 5.74) is 1.51. The zero-order valence-electron chi connectivity index (χ0n) is 21.3. The molecule has 0 radical (unpaired) electrons. The van der Waals surface area contributed by atoms with Crippen molar-refractivity contribution in [1.82, 2.24) is 24.1 Å². The number of rotatable bonds is 8. The van der Waals surface area contributed by atoms with E-state index in [2.05, 4.69) is 9.97 Å². The number of carbonyl (C=O) groups is 1. The van der Waals surface area contributed by atoms with Gasteiger partial charge in [-0.25, -0.2) is 9.97 Å². The van der Waals surface area contributed by atoms with Crippen LogP contribution in [-0.4, -0.2) is 55.9 Å². The maximum absolute atomic E-state index is 14.0. The first-order chi connectivity index (χ1) is 18.8. The lowest BCUT2D eigenvalue weighted by Gasteiger charge is -2.27. The fourth-order valence-electron chi connectivity index (χ4n) is 4.70. The zero-order chi connectivity index (χ0) is 27.8. The number of imidazole rings is 1. The molecular formula is C26H24Cl2N6O5. The minimum atomic E-state index is -0.749. The normalized spacial score (nSPS) is 14.6. The number of aliphatic hydroxyl groups excluding tert-OH is 1. The SMILES string of the molecule is COc1ncc(-c2nc3c(n2CCCO)C(c2ccc(Cl)cc2)N(c2cc(Cl)cn(C)c2=O)C3=O)c(OC)n1. The van der Waals surface area contributed by atoms with Gasteiger partial charge in [0.1, 0.15) is 17.6 Å². The molecule has 0 bridgehead atoms. The summed E-state index contributed by atoms with van der Waals surface area (Å²) in [6, 6.07) is 7.83. The molecule has 0 aliphatic carbocycles. The van der Waals surface area contributed by atoms with E-state index in [1.807, 2.05) is 4.57 Å². The van der Waals surface area contributed by atoms with Crippen molar-refractivity contribution in [2.45, 2.75) is 19.0 Å². The van der Waals surface area contributed by atoms with Crippen molar-refractivity contribution in [3.8, 4) is 23.3 Å². The molecule has 1 amide bonds. The number of methoxy groups -OCH3 is 2. The standard InChI is InChI=1S/C26H24Cl2N6O5/c1-32-13-16(28)11-18(24(32)36)34-20(14-5-7-15(27)8-6-14)21-19(25(34)37)30-22(33(21)9-4-10-35)17-12-29-26(39-3)31-23(17)38-2/h5-8,11-13,20,35H,4,9-10H2,1-3H3. The van der Waals surface area contributed by atoms with Crippen molar-refractivity contribution >= 4 is 34.8 Å². The Bertz CT molecular complexity index is 1620. The average Bonchev–Trinajstić information content (AvgIpc) is 3.44. The molecule has 13 heteroatoms. The number of benzene rings is 1. The molecule has 11 nitrogen and oxygen atoms in total. The van der Waals surface area contributed by atoms with Crippen LogP contribution in [0.25, 0.3) is 11.4 Å². The molecule has 1 unspecified atom stereocenters. The molecule has 1 aliphatic heterocycles. The van der Waals surface area contributed by atoms with Gasteiger partial charge in [-0.3, -0.25) is 14.5 Å². The van der Waals surface area contributed by atoms with Crippen LogP contribution in [0.4, 0.5) is 5.69 Å². The lowest BCUT2D eigenvalue weighted by atomic mass is 10.0. The minimum Gasteiger partial charge on any atom is -0.480 e. The first-order valence-electron chi connectivity index (χ1n) is 11.9. The van der Waals surface area contributed by atoms with Gasteiger partial charge >= 0.3 is 6.01 Å². The van der Waals surface area contributed by atoms with Crippen molar-refractivity contribution < 1.29 is 19.4 Å². The first-order valence-corrected chi connectivity index (χ1v) is 12.7. The number of fused-ring (bicyclic) bond motifs is 1. The summed E-state index contributed by atoms with van der Waals surface area (Å²) in [6.07, 6.45) is 3.35.